The second-order valence-corrected chi connectivity index (χ2v) is 4.94. The number of nitrogens with one attached hydrogen (secondary N) is 1. The minimum Gasteiger partial charge on any atom is -0.384 e. The number of carbonyl (C=O) groups excluding carboxylic acids is 1. The molecule has 0 amide bonds. The van der Waals surface area contributed by atoms with Crippen LogP contribution in [-0.2, 0) is 6.42 Å². The first-order valence-corrected chi connectivity index (χ1v) is 6.39. The first-order valence-electron chi connectivity index (χ1n) is 6.02. The van der Waals surface area contributed by atoms with E-state index in [1.54, 1.807) is 12.1 Å². The van der Waals surface area contributed by atoms with E-state index in [-0.39, 0.29) is 16.4 Å². The van der Waals surface area contributed by atoms with E-state index in [2.05, 4.69) is 5.32 Å². The minimum absolute atomic E-state index is 0.0438. The molecule has 0 aromatic heterocycles. The van der Waals surface area contributed by atoms with E-state index in [9.17, 15) is 9.18 Å². The summed E-state index contributed by atoms with van der Waals surface area (Å²) in [4.78, 5) is 12.3. The smallest absolute Gasteiger partial charge is 0.196 e. The quantitative estimate of drug-likeness (QED) is 0.847. The van der Waals surface area contributed by atoms with Crippen molar-refractivity contribution in [2.75, 3.05) is 11.9 Å². The first-order chi connectivity index (χ1) is 9.15. The molecule has 2 aromatic rings. The first kappa shape index (κ1) is 12.2. The van der Waals surface area contributed by atoms with Gasteiger partial charge in [0.1, 0.15) is 5.82 Å². The van der Waals surface area contributed by atoms with Gasteiger partial charge in [0, 0.05) is 22.8 Å². The molecule has 0 bridgehead atoms. The third kappa shape index (κ3) is 2.22. The molecule has 0 fully saturated rings. The number of hydrogen-bond acceptors (Lipinski definition) is 2. The number of carbonyl (C=O) groups is 1. The standard InChI is InChI=1S/C15H11ClFNO/c16-11-3-4-12(13(17)8-11)15(19)10-2-1-9-5-6-18-14(9)7-10/h1-4,7-8,18H,5-6H2. The number of halogens is 2. The van der Waals surface area contributed by atoms with Gasteiger partial charge in [-0.1, -0.05) is 23.7 Å². The van der Waals surface area contributed by atoms with Crippen molar-refractivity contribution in [1.82, 2.24) is 0 Å². The van der Waals surface area contributed by atoms with Crippen molar-refractivity contribution >= 4 is 23.1 Å². The van der Waals surface area contributed by atoms with E-state index in [4.69, 9.17) is 11.6 Å². The van der Waals surface area contributed by atoms with E-state index in [1.807, 2.05) is 6.07 Å². The van der Waals surface area contributed by atoms with Gasteiger partial charge in [-0.15, -0.1) is 0 Å². The Bertz CT molecular complexity index is 669. The van der Waals surface area contributed by atoms with Crippen LogP contribution in [0.5, 0.6) is 0 Å². The predicted octanol–water partition coefficient (Wildman–Crippen LogP) is 3.68. The zero-order valence-electron chi connectivity index (χ0n) is 10.0. The fourth-order valence-corrected chi connectivity index (χ4v) is 2.42. The van der Waals surface area contributed by atoms with Crippen molar-refractivity contribution in [2.24, 2.45) is 0 Å². The fraction of sp³-hybridized carbons (Fsp3) is 0.133. The average Bonchev–Trinajstić information content (AvgIpc) is 2.85. The molecule has 0 radical (unpaired) electrons. The third-order valence-electron chi connectivity index (χ3n) is 3.26. The second-order valence-electron chi connectivity index (χ2n) is 4.50. The molecule has 1 aliphatic heterocycles. The molecule has 96 valence electrons. The molecular weight excluding hydrogens is 265 g/mol. The summed E-state index contributed by atoms with van der Waals surface area (Å²) in [5.74, 6) is -0.920. The Morgan fingerprint density at radius 3 is 2.84 bits per heavy atom. The van der Waals surface area contributed by atoms with Crippen LogP contribution in [0.25, 0.3) is 0 Å². The molecule has 0 spiro atoms. The van der Waals surface area contributed by atoms with Crippen LogP contribution >= 0.6 is 11.6 Å². The lowest BCUT2D eigenvalue weighted by atomic mass is 10.0. The maximum Gasteiger partial charge on any atom is 0.196 e. The van der Waals surface area contributed by atoms with Crippen LogP contribution in [0.15, 0.2) is 36.4 Å². The SMILES string of the molecule is O=C(c1ccc2c(c1)NCC2)c1ccc(Cl)cc1F. The zero-order chi connectivity index (χ0) is 13.4. The van der Waals surface area contributed by atoms with Gasteiger partial charge in [0.05, 0.1) is 5.56 Å². The van der Waals surface area contributed by atoms with Gasteiger partial charge in [0.25, 0.3) is 0 Å². The third-order valence-corrected chi connectivity index (χ3v) is 3.49. The van der Waals surface area contributed by atoms with Gasteiger partial charge >= 0.3 is 0 Å². The lowest BCUT2D eigenvalue weighted by Gasteiger charge is -2.06. The molecule has 2 nitrogen and oxygen atoms in total. The Hall–Kier alpha value is -1.87. The molecule has 1 aliphatic rings. The van der Waals surface area contributed by atoms with Gasteiger partial charge in [-0.3, -0.25) is 4.79 Å². The highest BCUT2D eigenvalue weighted by Gasteiger charge is 2.17. The Morgan fingerprint density at radius 1 is 1.21 bits per heavy atom. The van der Waals surface area contributed by atoms with Gasteiger partial charge in [0.15, 0.2) is 5.78 Å². The summed E-state index contributed by atoms with van der Waals surface area (Å²) in [6.45, 7) is 0.877. The monoisotopic (exact) mass is 275 g/mol. The average molecular weight is 276 g/mol. The summed E-state index contributed by atoms with van der Waals surface area (Å²) in [6.07, 6.45) is 0.957. The summed E-state index contributed by atoms with van der Waals surface area (Å²) in [5, 5.41) is 3.49. The maximum atomic E-state index is 13.7. The Morgan fingerprint density at radius 2 is 2.05 bits per heavy atom. The summed E-state index contributed by atoms with van der Waals surface area (Å²) in [5.41, 5.74) is 2.67. The van der Waals surface area contributed by atoms with E-state index in [1.165, 1.54) is 17.7 Å². The molecule has 1 N–H and O–H groups in total. The minimum atomic E-state index is -0.592. The Balaban J connectivity index is 2.00. The molecular formula is C15H11ClFNO. The van der Waals surface area contributed by atoms with Crippen molar-refractivity contribution in [3.05, 3.63) is 63.9 Å². The number of benzene rings is 2. The van der Waals surface area contributed by atoms with Gasteiger partial charge in [-0.25, -0.2) is 4.39 Å². The molecule has 0 saturated heterocycles. The molecule has 0 atom stereocenters. The van der Waals surface area contributed by atoms with Gasteiger partial charge in [0.2, 0.25) is 0 Å². The second kappa shape index (κ2) is 4.67. The number of fused-ring (bicyclic) bond motifs is 1. The molecule has 4 heteroatoms. The van der Waals surface area contributed by atoms with E-state index in [0.29, 0.717) is 5.56 Å². The van der Waals surface area contributed by atoms with E-state index < -0.39 is 5.82 Å². The molecule has 3 rings (SSSR count). The lowest BCUT2D eigenvalue weighted by molar-refractivity contribution is 0.103. The molecule has 0 unspecified atom stereocenters. The summed E-state index contributed by atoms with van der Waals surface area (Å²) < 4.78 is 13.7. The fourth-order valence-electron chi connectivity index (χ4n) is 2.26. The topological polar surface area (TPSA) is 29.1 Å². The van der Waals surface area contributed by atoms with Gasteiger partial charge in [-0.2, -0.15) is 0 Å². The number of ketones is 1. The lowest BCUT2D eigenvalue weighted by Crippen LogP contribution is -2.04. The maximum absolute atomic E-state index is 13.7. The Labute approximate surface area is 115 Å². The largest absolute Gasteiger partial charge is 0.384 e. The molecule has 2 aromatic carbocycles. The summed E-state index contributed by atoms with van der Waals surface area (Å²) in [7, 11) is 0. The van der Waals surface area contributed by atoms with Crippen LogP contribution in [-0.4, -0.2) is 12.3 Å². The highest BCUT2D eigenvalue weighted by atomic mass is 35.5. The molecule has 0 aliphatic carbocycles. The van der Waals surface area contributed by atoms with Crippen molar-refractivity contribution in [1.29, 1.82) is 0 Å². The van der Waals surface area contributed by atoms with Crippen LogP contribution in [0.2, 0.25) is 5.02 Å². The number of anilines is 1. The van der Waals surface area contributed by atoms with Gasteiger partial charge in [-0.05, 0) is 36.2 Å². The van der Waals surface area contributed by atoms with Crippen LogP contribution < -0.4 is 5.32 Å². The molecule has 0 saturated carbocycles. The molecule has 19 heavy (non-hydrogen) atoms. The number of hydrogen-bond donors (Lipinski definition) is 1. The van der Waals surface area contributed by atoms with E-state index in [0.717, 1.165) is 24.7 Å². The van der Waals surface area contributed by atoms with Gasteiger partial charge < -0.3 is 5.32 Å². The highest BCUT2D eigenvalue weighted by molar-refractivity contribution is 6.30. The van der Waals surface area contributed by atoms with Crippen molar-refractivity contribution in [3.8, 4) is 0 Å². The van der Waals surface area contributed by atoms with Crippen LogP contribution in [0.3, 0.4) is 0 Å². The van der Waals surface area contributed by atoms with Crippen molar-refractivity contribution in [3.63, 3.8) is 0 Å². The van der Waals surface area contributed by atoms with Crippen LogP contribution in [0.1, 0.15) is 21.5 Å². The zero-order valence-corrected chi connectivity index (χ0v) is 10.8. The Kier molecular flexibility index (Phi) is 2.99. The summed E-state index contributed by atoms with van der Waals surface area (Å²) in [6, 6.07) is 9.52. The van der Waals surface area contributed by atoms with E-state index >= 15 is 0 Å². The predicted molar refractivity (Wildman–Crippen MR) is 73.5 cm³/mol. The number of rotatable bonds is 2. The van der Waals surface area contributed by atoms with Crippen molar-refractivity contribution in [2.45, 2.75) is 6.42 Å². The van der Waals surface area contributed by atoms with Crippen LogP contribution in [0, 0.1) is 5.82 Å². The van der Waals surface area contributed by atoms with Crippen molar-refractivity contribution < 1.29 is 9.18 Å². The normalized spacial score (nSPS) is 12.9. The highest BCUT2D eigenvalue weighted by Crippen LogP contribution is 2.25. The van der Waals surface area contributed by atoms with Crippen LogP contribution in [0.4, 0.5) is 10.1 Å². The molecule has 1 heterocycles. The summed E-state index contributed by atoms with van der Waals surface area (Å²) >= 11 is 5.68.